The number of nitrogens with two attached hydrogens (primary N) is 2. The van der Waals surface area contributed by atoms with E-state index in [-0.39, 0.29) is 17.1 Å². The first-order chi connectivity index (χ1) is 9.34. The summed E-state index contributed by atoms with van der Waals surface area (Å²) in [4.78, 5) is 36.0. The van der Waals surface area contributed by atoms with Crippen LogP contribution in [-0.2, 0) is 36.2 Å². The van der Waals surface area contributed by atoms with E-state index in [1.54, 1.807) is 0 Å². The van der Waals surface area contributed by atoms with Crippen LogP contribution in [-0.4, -0.2) is 57.4 Å². The molecule has 0 aromatic heterocycles. The second-order valence-electron chi connectivity index (χ2n) is 3.01. The second kappa shape index (κ2) is 36.5. The predicted molar refractivity (Wildman–Crippen MR) is 76.0 cm³/mol. The summed E-state index contributed by atoms with van der Waals surface area (Å²) >= 11 is 0. The molecule has 0 aliphatic carbocycles. The zero-order valence-electron chi connectivity index (χ0n) is 13.1. The van der Waals surface area contributed by atoms with Gasteiger partial charge < -0.3 is 31.9 Å². The number of carboxylic acid groups (broad SMARTS) is 4. The number of carbonyl (C=O) groups is 4. The fourth-order valence-corrected chi connectivity index (χ4v) is 0.118. The van der Waals surface area contributed by atoms with Crippen molar-refractivity contribution in [2.24, 2.45) is 11.5 Å². The molecule has 136 valence electrons. The van der Waals surface area contributed by atoms with Gasteiger partial charge in [-0.2, -0.15) is 0 Å². The van der Waals surface area contributed by atoms with Crippen LogP contribution < -0.4 is 11.5 Å². The number of hydrogen-bond donors (Lipinski definition) is 6. The van der Waals surface area contributed by atoms with Crippen molar-refractivity contribution in [2.45, 2.75) is 34.1 Å². The molecular weight excluding hydrogens is 344 g/mol. The Morgan fingerprint density at radius 2 is 0.727 bits per heavy atom. The third kappa shape index (κ3) is 53800. The van der Waals surface area contributed by atoms with Crippen molar-refractivity contribution >= 4 is 23.9 Å². The first kappa shape index (κ1) is 37.0. The van der Waals surface area contributed by atoms with Gasteiger partial charge in [0, 0.05) is 44.8 Å². The quantitative estimate of drug-likeness (QED) is 0.349. The van der Waals surface area contributed by atoms with Crippen LogP contribution in [0.3, 0.4) is 0 Å². The van der Waals surface area contributed by atoms with Crippen molar-refractivity contribution in [2.75, 3.05) is 13.1 Å². The molecule has 0 atom stereocenters. The first-order valence-corrected chi connectivity index (χ1v) is 5.53. The monoisotopic (exact) mass is 370 g/mol. The van der Waals surface area contributed by atoms with Crippen molar-refractivity contribution in [3.8, 4) is 0 Å². The second-order valence-corrected chi connectivity index (χ2v) is 3.01. The maximum atomic E-state index is 9.00. The molecule has 0 heterocycles. The SMILES string of the molecule is CC(=O)O.CC(=O)O.CC(=O)O.CC(=O)O.NCCCN.[Fe]. The van der Waals surface area contributed by atoms with E-state index in [1.807, 2.05) is 0 Å². The molecule has 11 heteroatoms. The molecule has 0 unspecified atom stereocenters. The van der Waals surface area contributed by atoms with Crippen LogP contribution in [0.15, 0.2) is 0 Å². The van der Waals surface area contributed by atoms with E-state index in [0.29, 0.717) is 0 Å². The van der Waals surface area contributed by atoms with Gasteiger partial charge >= 0.3 is 0 Å². The predicted octanol–water partition coefficient (Wildman–Crippen LogP) is -0.345. The summed E-state index contributed by atoms with van der Waals surface area (Å²) in [6.45, 7) is 5.77. The Hall–Kier alpha value is -1.68. The molecule has 8 N–H and O–H groups in total. The van der Waals surface area contributed by atoms with Crippen LogP contribution in [0.5, 0.6) is 0 Å². The Labute approximate surface area is 140 Å². The minimum Gasteiger partial charge on any atom is -0.481 e. The van der Waals surface area contributed by atoms with Gasteiger partial charge in [-0.15, -0.1) is 0 Å². The Kier molecular flexibility index (Phi) is 61.4. The topological polar surface area (TPSA) is 201 Å². The zero-order chi connectivity index (χ0) is 18.4. The minimum absolute atomic E-state index is 0. The Bertz CT molecular complexity index is 209. The van der Waals surface area contributed by atoms with Gasteiger partial charge in [0.1, 0.15) is 0 Å². The van der Waals surface area contributed by atoms with Crippen molar-refractivity contribution < 1.29 is 56.7 Å². The van der Waals surface area contributed by atoms with Crippen LogP contribution in [0.4, 0.5) is 0 Å². The van der Waals surface area contributed by atoms with Gasteiger partial charge in [0.2, 0.25) is 0 Å². The first-order valence-electron chi connectivity index (χ1n) is 5.53. The van der Waals surface area contributed by atoms with Crippen molar-refractivity contribution in [3.05, 3.63) is 0 Å². The summed E-state index contributed by atoms with van der Waals surface area (Å²) < 4.78 is 0. The molecule has 0 rings (SSSR count). The minimum atomic E-state index is -0.833. The summed E-state index contributed by atoms with van der Waals surface area (Å²) in [5.74, 6) is -3.33. The molecule has 0 aromatic carbocycles. The van der Waals surface area contributed by atoms with E-state index in [2.05, 4.69) is 0 Å². The third-order valence-electron chi connectivity index (χ3n) is 0.408. The molecule has 0 saturated carbocycles. The normalized spacial score (nSPS) is 6.45. The summed E-state index contributed by atoms with van der Waals surface area (Å²) in [5, 5.41) is 29.7. The molecule has 0 aromatic rings. The summed E-state index contributed by atoms with van der Waals surface area (Å²) in [6, 6.07) is 0. The van der Waals surface area contributed by atoms with Crippen LogP contribution in [0.2, 0.25) is 0 Å². The maximum absolute atomic E-state index is 9.00. The van der Waals surface area contributed by atoms with Gasteiger partial charge in [0.05, 0.1) is 0 Å². The van der Waals surface area contributed by atoms with Crippen LogP contribution in [0.25, 0.3) is 0 Å². The van der Waals surface area contributed by atoms with Gasteiger partial charge in [-0.1, -0.05) is 0 Å². The zero-order valence-corrected chi connectivity index (χ0v) is 14.2. The van der Waals surface area contributed by atoms with Crippen LogP contribution in [0.1, 0.15) is 34.1 Å². The van der Waals surface area contributed by atoms with Crippen molar-refractivity contribution in [1.29, 1.82) is 0 Å². The van der Waals surface area contributed by atoms with Gasteiger partial charge in [-0.05, 0) is 19.5 Å². The number of rotatable bonds is 2. The van der Waals surface area contributed by atoms with Crippen LogP contribution >= 0.6 is 0 Å². The van der Waals surface area contributed by atoms with E-state index in [1.165, 1.54) is 0 Å². The number of carboxylic acids is 4. The van der Waals surface area contributed by atoms with E-state index < -0.39 is 23.9 Å². The van der Waals surface area contributed by atoms with E-state index >= 15 is 0 Å². The Balaban J connectivity index is -0.0000000361. The molecule has 0 fully saturated rings. The Morgan fingerprint density at radius 1 is 0.636 bits per heavy atom. The molecule has 0 spiro atoms. The molecule has 0 aliphatic heterocycles. The molecular formula is C11H26FeN2O8. The average molecular weight is 370 g/mol. The van der Waals surface area contributed by atoms with Gasteiger partial charge in [0.15, 0.2) is 0 Å². The average Bonchev–Trinajstić information content (AvgIpc) is 2.14. The number of aliphatic carboxylic acids is 4. The van der Waals surface area contributed by atoms with Gasteiger partial charge in [-0.25, -0.2) is 0 Å². The molecule has 0 amide bonds. The van der Waals surface area contributed by atoms with Gasteiger partial charge in [-0.3, -0.25) is 19.2 Å². The standard InChI is InChI=1S/C3H10N2.4C2H4O2.Fe/c4-2-1-3-5;4*1-2(3)4;/h1-5H2;4*1H3,(H,3,4);. The molecule has 22 heavy (non-hydrogen) atoms. The smallest absolute Gasteiger partial charge is 0.300 e. The van der Waals surface area contributed by atoms with E-state index in [0.717, 1.165) is 47.2 Å². The molecule has 0 saturated heterocycles. The fraction of sp³-hybridized carbons (Fsp3) is 0.636. The number of hydrogen-bond acceptors (Lipinski definition) is 6. The van der Waals surface area contributed by atoms with E-state index in [4.69, 9.17) is 51.1 Å². The van der Waals surface area contributed by atoms with Crippen molar-refractivity contribution in [1.82, 2.24) is 0 Å². The largest absolute Gasteiger partial charge is 0.481 e. The summed E-state index contributed by atoms with van der Waals surface area (Å²) in [7, 11) is 0. The fourth-order valence-electron chi connectivity index (χ4n) is 0.118. The van der Waals surface area contributed by atoms with Gasteiger partial charge in [0.25, 0.3) is 23.9 Å². The molecule has 0 bridgehead atoms. The maximum Gasteiger partial charge on any atom is 0.300 e. The van der Waals surface area contributed by atoms with Crippen LogP contribution in [0, 0.1) is 0 Å². The van der Waals surface area contributed by atoms with E-state index in [9.17, 15) is 0 Å². The summed E-state index contributed by atoms with van der Waals surface area (Å²) in [5.41, 5.74) is 10.1. The molecule has 0 radical (unpaired) electrons. The molecule has 10 nitrogen and oxygen atoms in total. The summed E-state index contributed by atoms with van der Waals surface area (Å²) in [6.07, 6.45) is 0.944. The Morgan fingerprint density at radius 3 is 0.727 bits per heavy atom. The molecule has 0 aliphatic rings. The van der Waals surface area contributed by atoms with Crippen molar-refractivity contribution in [3.63, 3.8) is 0 Å². The third-order valence-corrected chi connectivity index (χ3v) is 0.408.